The first-order valence-electron chi connectivity index (χ1n) is 2.88. The summed E-state index contributed by atoms with van der Waals surface area (Å²) in [4.78, 5) is 4.47. The molecule has 1 heterocycles. The average molecular weight is 139 g/mol. The Kier molecular flexibility index (Phi) is 2.37. The molecule has 0 aromatic heterocycles. The number of oxime groups is 1. The van der Waals surface area contributed by atoms with Crippen LogP contribution in [0.5, 0.6) is 0 Å². The van der Waals surface area contributed by atoms with Gasteiger partial charge in [-0.15, -0.1) is 0 Å². The molecule has 1 aliphatic rings. The van der Waals surface area contributed by atoms with Gasteiger partial charge in [0.2, 0.25) is 0 Å². The molecule has 0 amide bonds. The highest BCUT2D eigenvalue weighted by atomic mass is 16.6. The molecule has 0 spiro atoms. The van der Waals surface area contributed by atoms with Crippen LogP contribution in [0, 0.1) is 0 Å². The Bertz CT molecular complexity index is 174. The molecule has 0 aliphatic carbocycles. The first kappa shape index (κ1) is 6.67. The summed E-state index contributed by atoms with van der Waals surface area (Å²) in [6.45, 7) is 0. The van der Waals surface area contributed by atoms with Crippen LogP contribution in [-0.2, 0) is 4.84 Å². The number of nitrogens with one attached hydrogen (secondary N) is 1. The highest BCUT2D eigenvalue weighted by molar-refractivity contribution is 5.55. The molecule has 54 valence electrons. The molecular weight excluding hydrogens is 130 g/mol. The van der Waals surface area contributed by atoms with Gasteiger partial charge in [-0.1, -0.05) is 5.16 Å². The third kappa shape index (κ3) is 1.81. The van der Waals surface area contributed by atoms with E-state index in [9.17, 15) is 0 Å². The number of rotatable bonds is 2. The van der Waals surface area contributed by atoms with Crippen LogP contribution in [0.15, 0.2) is 29.7 Å². The lowest BCUT2D eigenvalue weighted by atomic mass is 10.5. The van der Waals surface area contributed by atoms with Gasteiger partial charge in [-0.2, -0.15) is 0 Å². The van der Waals surface area contributed by atoms with Crippen LogP contribution in [0.25, 0.3) is 0 Å². The van der Waals surface area contributed by atoms with Crippen molar-refractivity contribution in [2.45, 2.75) is 0 Å². The first-order valence-corrected chi connectivity index (χ1v) is 2.88. The van der Waals surface area contributed by atoms with E-state index in [0.29, 0.717) is 0 Å². The van der Waals surface area contributed by atoms with Gasteiger partial charge in [0.25, 0.3) is 0 Å². The van der Waals surface area contributed by atoms with Crippen LogP contribution in [0.3, 0.4) is 0 Å². The molecule has 0 saturated heterocycles. The summed E-state index contributed by atoms with van der Waals surface area (Å²) in [6.07, 6.45) is 8.92. The van der Waals surface area contributed by atoms with Crippen LogP contribution in [-0.4, -0.2) is 18.5 Å². The molecule has 4 heteroatoms. The maximum Gasteiger partial charge on any atom is 0.154 e. The number of allylic oxidation sites excluding steroid dienone is 2. The second-order valence-electron chi connectivity index (χ2n) is 1.64. The Balaban J connectivity index is 2.36. The number of hydrogen-bond acceptors (Lipinski definition) is 3. The van der Waals surface area contributed by atoms with Crippen molar-refractivity contribution in [1.29, 1.82) is 0 Å². The van der Waals surface area contributed by atoms with E-state index in [0.717, 1.165) is 0 Å². The Labute approximate surface area is 59.4 Å². The van der Waals surface area contributed by atoms with E-state index in [1.165, 1.54) is 13.4 Å². The zero-order valence-corrected chi connectivity index (χ0v) is 5.69. The van der Waals surface area contributed by atoms with E-state index in [2.05, 4.69) is 15.4 Å². The molecule has 0 saturated carbocycles. The van der Waals surface area contributed by atoms with E-state index < -0.39 is 0 Å². The third-order valence-corrected chi connectivity index (χ3v) is 0.955. The average Bonchev–Trinajstić information content (AvgIpc) is 2.03. The van der Waals surface area contributed by atoms with Crippen LogP contribution >= 0.6 is 0 Å². The fourth-order valence-electron chi connectivity index (χ4n) is 0.540. The van der Waals surface area contributed by atoms with Crippen molar-refractivity contribution in [2.24, 2.45) is 5.16 Å². The molecule has 0 unspecified atom stereocenters. The molecule has 1 N–H and O–H groups in total. The first-order chi connectivity index (χ1) is 4.93. The summed E-state index contributed by atoms with van der Waals surface area (Å²) in [5.74, 6) is 0. The topological polar surface area (TPSA) is 36.9 Å². The predicted molar refractivity (Wildman–Crippen MR) is 38.8 cm³/mol. The summed E-state index contributed by atoms with van der Waals surface area (Å²) >= 11 is 0. The Morgan fingerprint density at radius 2 is 2.50 bits per heavy atom. The minimum atomic E-state index is 1.50. The molecule has 0 fully saturated rings. The van der Waals surface area contributed by atoms with Crippen molar-refractivity contribution in [2.75, 3.05) is 7.11 Å². The van der Waals surface area contributed by atoms with Gasteiger partial charge >= 0.3 is 0 Å². The van der Waals surface area contributed by atoms with E-state index >= 15 is 0 Å². The van der Waals surface area contributed by atoms with E-state index in [-0.39, 0.29) is 0 Å². The minimum Gasteiger partial charge on any atom is -0.398 e. The lowest BCUT2D eigenvalue weighted by Crippen LogP contribution is -2.28. The van der Waals surface area contributed by atoms with Crippen molar-refractivity contribution < 1.29 is 4.84 Å². The highest BCUT2D eigenvalue weighted by Crippen LogP contribution is 1.88. The fourth-order valence-corrected chi connectivity index (χ4v) is 0.540. The van der Waals surface area contributed by atoms with E-state index in [1.54, 1.807) is 11.2 Å². The van der Waals surface area contributed by atoms with Crippen molar-refractivity contribution in [3.8, 4) is 0 Å². The molecule has 0 bridgehead atoms. The zero-order valence-electron chi connectivity index (χ0n) is 5.69. The second-order valence-corrected chi connectivity index (χ2v) is 1.64. The summed E-state index contributed by atoms with van der Waals surface area (Å²) in [6, 6.07) is 0. The number of hydrogen-bond donors (Lipinski definition) is 1. The van der Waals surface area contributed by atoms with Crippen molar-refractivity contribution in [3.05, 3.63) is 24.6 Å². The van der Waals surface area contributed by atoms with Gasteiger partial charge in [-0.05, 0) is 12.2 Å². The van der Waals surface area contributed by atoms with Gasteiger partial charge in [0.1, 0.15) is 7.11 Å². The largest absolute Gasteiger partial charge is 0.398 e. The van der Waals surface area contributed by atoms with Crippen molar-refractivity contribution >= 4 is 6.34 Å². The molecule has 0 radical (unpaired) electrons. The van der Waals surface area contributed by atoms with Crippen LogP contribution < -0.4 is 5.43 Å². The summed E-state index contributed by atoms with van der Waals surface area (Å²) in [7, 11) is 1.50. The van der Waals surface area contributed by atoms with Gasteiger partial charge in [0.15, 0.2) is 6.34 Å². The number of hydrazine groups is 1. The molecule has 1 rings (SSSR count). The van der Waals surface area contributed by atoms with E-state index in [4.69, 9.17) is 0 Å². The van der Waals surface area contributed by atoms with Crippen LogP contribution in [0.2, 0.25) is 0 Å². The number of nitrogens with zero attached hydrogens (tertiary/aromatic N) is 2. The Morgan fingerprint density at radius 3 is 3.10 bits per heavy atom. The standard InChI is InChI=1S/C6H9N3O/c1-10-8-6-9-5-3-2-4-7-9/h2-7H,1H3. The quantitative estimate of drug-likeness (QED) is 0.342. The summed E-state index contributed by atoms with van der Waals surface area (Å²) in [5, 5.41) is 5.22. The molecule has 10 heavy (non-hydrogen) atoms. The van der Waals surface area contributed by atoms with Crippen molar-refractivity contribution in [3.63, 3.8) is 0 Å². The monoisotopic (exact) mass is 139 g/mol. The van der Waals surface area contributed by atoms with E-state index in [1.807, 2.05) is 18.4 Å². The van der Waals surface area contributed by atoms with Gasteiger partial charge in [0, 0.05) is 12.4 Å². The highest BCUT2D eigenvalue weighted by Gasteiger charge is 1.90. The third-order valence-electron chi connectivity index (χ3n) is 0.955. The Hall–Kier alpha value is -1.45. The normalized spacial score (nSPS) is 15.9. The maximum atomic E-state index is 4.47. The molecule has 4 nitrogen and oxygen atoms in total. The second kappa shape index (κ2) is 3.55. The molecule has 1 aliphatic heterocycles. The van der Waals surface area contributed by atoms with Gasteiger partial charge in [-0.3, -0.25) is 0 Å². The van der Waals surface area contributed by atoms with Gasteiger partial charge < -0.3 is 10.3 Å². The Morgan fingerprint density at radius 1 is 1.60 bits per heavy atom. The van der Waals surface area contributed by atoms with Crippen molar-refractivity contribution in [1.82, 2.24) is 10.4 Å². The van der Waals surface area contributed by atoms with Crippen LogP contribution in [0.1, 0.15) is 0 Å². The minimum absolute atomic E-state index is 1.50. The van der Waals surface area contributed by atoms with Gasteiger partial charge in [-0.25, -0.2) is 5.01 Å². The smallest absolute Gasteiger partial charge is 0.154 e. The maximum absolute atomic E-state index is 4.47. The predicted octanol–water partition coefficient (Wildman–Crippen LogP) is 0.424. The van der Waals surface area contributed by atoms with Crippen LogP contribution in [0.4, 0.5) is 0 Å². The molecular formula is C6H9N3O. The molecule has 0 atom stereocenters. The summed E-state index contributed by atoms with van der Waals surface area (Å²) < 4.78 is 0. The summed E-state index contributed by atoms with van der Waals surface area (Å²) in [5.41, 5.74) is 2.89. The lowest BCUT2D eigenvalue weighted by molar-refractivity contribution is 0.209. The fraction of sp³-hybridized carbons (Fsp3) is 0.167. The zero-order chi connectivity index (χ0) is 7.23. The van der Waals surface area contributed by atoms with Gasteiger partial charge in [0.05, 0.1) is 0 Å². The lowest BCUT2D eigenvalue weighted by Gasteiger charge is -2.14. The molecule has 0 aromatic rings. The SMILES string of the molecule is CON=CN1C=CC=CN1. The molecule has 0 aromatic carbocycles.